The summed E-state index contributed by atoms with van der Waals surface area (Å²) >= 11 is 0. The Balaban J connectivity index is 1.60. The molecule has 0 fully saturated rings. The van der Waals surface area contributed by atoms with Gasteiger partial charge in [0.1, 0.15) is 0 Å². The molecule has 9 aromatic carbocycles. The van der Waals surface area contributed by atoms with Gasteiger partial charge in [-0.15, -0.1) is 0 Å². The van der Waals surface area contributed by atoms with E-state index in [0.717, 1.165) is 0 Å². The molecule has 0 unspecified atom stereocenters. The first-order valence-electron chi connectivity index (χ1n) is 14.0. The fraction of sp³-hybridized carbons (Fsp3) is 0. The second kappa shape index (κ2) is 8.15. The maximum absolute atomic E-state index is 2.36. The van der Waals surface area contributed by atoms with Crippen LogP contribution in [0.4, 0.5) is 0 Å². The summed E-state index contributed by atoms with van der Waals surface area (Å²) in [7, 11) is 0. The summed E-state index contributed by atoms with van der Waals surface area (Å²) < 4.78 is 0. The van der Waals surface area contributed by atoms with E-state index >= 15 is 0 Å². The second-order valence-electron chi connectivity index (χ2n) is 10.8. The molecule has 0 radical (unpaired) electrons. The van der Waals surface area contributed by atoms with Gasteiger partial charge in [-0.1, -0.05) is 140 Å². The summed E-state index contributed by atoms with van der Waals surface area (Å²) in [6, 6.07) is 53.6. The maximum Gasteiger partial charge on any atom is -0.000741 e. The molecule has 0 spiro atoms. The summed E-state index contributed by atoms with van der Waals surface area (Å²) in [5, 5.41) is 15.9. The Morgan fingerprint density at radius 2 is 0.800 bits per heavy atom. The molecule has 0 saturated heterocycles. The Morgan fingerprint density at radius 3 is 1.65 bits per heavy atom. The van der Waals surface area contributed by atoms with Crippen LogP contribution in [0.2, 0.25) is 0 Å². The zero-order valence-electron chi connectivity index (χ0n) is 21.9. The van der Waals surface area contributed by atoms with E-state index < -0.39 is 0 Å². The third kappa shape index (κ3) is 2.85. The molecule has 0 aliphatic rings. The number of rotatable bonds is 2. The first-order valence-corrected chi connectivity index (χ1v) is 14.0. The molecule has 0 nitrogen and oxygen atoms in total. The first-order chi connectivity index (χ1) is 19.9. The van der Waals surface area contributed by atoms with Crippen molar-refractivity contribution in [3.63, 3.8) is 0 Å². The van der Waals surface area contributed by atoms with Crippen LogP contribution in [0.1, 0.15) is 0 Å². The third-order valence-electron chi connectivity index (χ3n) is 8.76. The van der Waals surface area contributed by atoms with Gasteiger partial charge in [0, 0.05) is 0 Å². The number of hydrogen-bond donors (Lipinski definition) is 0. The van der Waals surface area contributed by atoms with E-state index in [1.807, 2.05) is 0 Å². The van der Waals surface area contributed by atoms with E-state index in [1.165, 1.54) is 86.9 Å². The van der Waals surface area contributed by atoms with Crippen molar-refractivity contribution in [3.05, 3.63) is 146 Å². The standard InChI is InChI=1S/C40H24/c1-2-12-25(13-3-1)28-16-6-7-18-30(28)37-32-19-8-9-20-34(32)40-38-33(22-11-23-35(37)38)31-21-10-15-27-24-26-14-4-5-17-29(26)39(40)36(27)31/h1-24H. The van der Waals surface area contributed by atoms with Crippen molar-refractivity contribution in [1.29, 1.82) is 0 Å². The number of fused-ring (bicyclic) bond motifs is 6. The number of hydrogen-bond acceptors (Lipinski definition) is 0. The molecule has 0 aliphatic carbocycles. The van der Waals surface area contributed by atoms with E-state index in [9.17, 15) is 0 Å². The van der Waals surface area contributed by atoms with E-state index in [0.29, 0.717) is 0 Å². The van der Waals surface area contributed by atoms with Crippen LogP contribution in [-0.4, -0.2) is 0 Å². The van der Waals surface area contributed by atoms with Crippen LogP contribution >= 0.6 is 0 Å². The quantitative estimate of drug-likeness (QED) is 0.162. The van der Waals surface area contributed by atoms with Crippen molar-refractivity contribution in [1.82, 2.24) is 0 Å². The SMILES string of the molecule is c1ccc(-c2ccccc2-c2c3ccccc3c3c4c2cccc4c2cccc4cc5ccccc5c3c42)cc1. The Hall–Kier alpha value is -5.20. The normalized spacial score (nSPS) is 12.0. The predicted molar refractivity (Wildman–Crippen MR) is 174 cm³/mol. The van der Waals surface area contributed by atoms with Gasteiger partial charge in [0.25, 0.3) is 0 Å². The van der Waals surface area contributed by atoms with Gasteiger partial charge in [-0.25, -0.2) is 0 Å². The molecule has 9 rings (SSSR count). The van der Waals surface area contributed by atoms with Crippen LogP contribution in [0.15, 0.2) is 146 Å². The highest BCUT2D eigenvalue weighted by Gasteiger charge is 2.22. The van der Waals surface area contributed by atoms with Crippen molar-refractivity contribution in [2.24, 2.45) is 0 Å². The smallest absolute Gasteiger partial charge is 0.000741 e. The van der Waals surface area contributed by atoms with Gasteiger partial charge < -0.3 is 0 Å². The molecule has 0 heteroatoms. The van der Waals surface area contributed by atoms with Gasteiger partial charge in [0.15, 0.2) is 0 Å². The van der Waals surface area contributed by atoms with E-state index in [1.54, 1.807) is 0 Å². The Morgan fingerprint density at radius 1 is 0.275 bits per heavy atom. The van der Waals surface area contributed by atoms with Gasteiger partial charge in [0.2, 0.25) is 0 Å². The van der Waals surface area contributed by atoms with Crippen molar-refractivity contribution in [3.8, 4) is 22.3 Å². The number of benzene rings is 9. The lowest BCUT2D eigenvalue weighted by Gasteiger charge is -2.22. The summed E-state index contributed by atoms with van der Waals surface area (Å²) in [6.45, 7) is 0. The average molecular weight is 505 g/mol. The average Bonchev–Trinajstić information content (AvgIpc) is 3.03. The molecule has 0 N–H and O–H groups in total. The highest BCUT2D eigenvalue weighted by molar-refractivity contribution is 6.44. The van der Waals surface area contributed by atoms with E-state index in [2.05, 4.69) is 146 Å². The molecule has 0 amide bonds. The van der Waals surface area contributed by atoms with Crippen LogP contribution in [-0.2, 0) is 0 Å². The topological polar surface area (TPSA) is 0 Å². The molecule has 0 aliphatic heterocycles. The molecule has 0 aromatic heterocycles. The molecule has 0 saturated carbocycles. The van der Waals surface area contributed by atoms with Crippen molar-refractivity contribution < 1.29 is 0 Å². The minimum Gasteiger partial charge on any atom is -0.0622 e. The van der Waals surface area contributed by atoms with Gasteiger partial charge in [-0.05, 0) is 93.0 Å². The van der Waals surface area contributed by atoms with E-state index in [4.69, 9.17) is 0 Å². The molecule has 184 valence electrons. The lowest BCUT2D eigenvalue weighted by Crippen LogP contribution is -1.94. The summed E-state index contributed by atoms with van der Waals surface area (Å²) in [5.41, 5.74) is 5.09. The Labute approximate surface area is 232 Å². The van der Waals surface area contributed by atoms with Crippen LogP contribution in [0.3, 0.4) is 0 Å². The molecule has 0 heterocycles. The summed E-state index contributed by atoms with van der Waals surface area (Å²) in [4.78, 5) is 0. The molecule has 9 aromatic rings. The summed E-state index contributed by atoms with van der Waals surface area (Å²) in [6.07, 6.45) is 0. The highest BCUT2D eigenvalue weighted by Crippen LogP contribution is 2.50. The maximum atomic E-state index is 2.36. The first kappa shape index (κ1) is 21.7. The van der Waals surface area contributed by atoms with Gasteiger partial charge >= 0.3 is 0 Å². The Kier molecular flexibility index (Phi) is 4.42. The zero-order chi connectivity index (χ0) is 26.2. The van der Waals surface area contributed by atoms with Crippen LogP contribution in [0.25, 0.3) is 86.9 Å². The fourth-order valence-electron chi connectivity index (χ4n) is 7.18. The Bertz CT molecular complexity index is 2410. The van der Waals surface area contributed by atoms with Crippen LogP contribution in [0.5, 0.6) is 0 Å². The lowest BCUT2D eigenvalue weighted by molar-refractivity contribution is 1.61. The molecule has 0 atom stereocenters. The monoisotopic (exact) mass is 504 g/mol. The second-order valence-corrected chi connectivity index (χ2v) is 10.8. The third-order valence-corrected chi connectivity index (χ3v) is 8.76. The molecular formula is C40H24. The minimum atomic E-state index is 1.24. The molecule has 0 bridgehead atoms. The largest absolute Gasteiger partial charge is 0.0622 e. The molecular weight excluding hydrogens is 480 g/mol. The fourth-order valence-corrected chi connectivity index (χ4v) is 7.18. The van der Waals surface area contributed by atoms with Crippen molar-refractivity contribution in [2.75, 3.05) is 0 Å². The molecule has 40 heavy (non-hydrogen) atoms. The van der Waals surface area contributed by atoms with Gasteiger partial charge in [-0.3, -0.25) is 0 Å². The van der Waals surface area contributed by atoms with Crippen LogP contribution < -0.4 is 0 Å². The predicted octanol–water partition coefficient (Wildman–Crippen LogP) is 11.4. The lowest BCUT2D eigenvalue weighted by atomic mass is 9.81. The minimum absolute atomic E-state index is 1.24. The summed E-state index contributed by atoms with van der Waals surface area (Å²) in [5.74, 6) is 0. The van der Waals surface area contributed by atoms with Crippen molar-refractivity contribution in [2.45, 2.75) is 0 Å². The zero-order valence-corrected chi connectivity index (χ0v) is 21.9. The van der Waals surface area contributed by atoms with Gasteiger partial charge in [-0.2, -0.15) is 0 Å². The van der Waals surface area contributed by atoms with E-state index in [-0.39, 0.29) is 0 Å². The van der Waals surface area contributed by atoms with Crippen molar-refractivity contribution >= 4 is 64.6 Å². The van der Waals surface area contributed by atoms with Crippen LogP contribution in [0, 0.1) is 0 Å². The highest BCUT2D eigenvalue weighted by atomic mass is 14.2. The van der Waals surface area contributed by atoms with Gasteiger partial charge in [0.05, 0.1) is 0 Å².